The van der Waals surface area contributed by atoms with E-state index in [2.05, 4.69) is 22.8 Å². The highest BCUT2D eigenvalue weighted by atomic mass is 16.5. The standard InChI is InChI=1S/C38H41N3O4/c1-4-44-35-18-26(17-30(22-39)37(43)41-33-13-24(2)5-6-25(33)3)7-12-34(35)45-23-36(42)40-32-10-8-31(9-11-32)38-19-27-14-28(20-38)16-29(15-27)21-38/h5-13,17-18,27-29H,4,14-16,19-21,23H2,1-3H3,(H,40,42)(H,41,43)/b30-17-. The molecule has 4 fully saturated rings. The summed E-state index contributed by atoms with van der Waals surface area (Å²) in [5.74, 6) is 2.74. The van der Waals surface area contributed by atoms with E-state index in [4.69, 9.17) is 9.47 Å². The molecule has 45 heavy (non-hydrogen) atoms. The van der Waals surface area contributed by atoms with Gasteiger partial charge in [0.25, 0.3) is 11.8 Å². The van der Waals surface area contributed by atoms with Crippen molar-refractivity contribution in [2.75, 3.05) is 23.8 Å². The minimum absolute atomic E-state index is 0.0411. The molecular weight excluding hydrogens is 562 g/mol. The van der Waals surface area contributed by atoms with Crippen LogP contribution in [0.15, 0.2) is 66.2 Å². The predicted octanol–water partition coefficient (Wildman–Crippen LogP) is 7.73. The van der Waals surface area contributed by atoms with Crippen molar-refractivity contribution in [3.8, 4) is 17.6 Å². The summed E-state index contributed by atoms with van der Waals surface area (Å²) in [6.45, 7) is 5.89. The van der Waals surface area contributed by atoms with Crippen LogP contribution in [-0.2, 0) is 15.0 Å². The van der Waals surface area contributed by atoms with Crippen molar-refractivity contribution in [3.63, 3.8) is 0 Å². The Balaban J connectivity index is 1.08. The van der Waals surface area contributed by atoms with E-state index in [0.717, 1.165) is 34.6 Å². The Morgan fingerprint density at radius 2 is 1.58 bits per heavy atom. The molecule has 0 saturated heterocycles. The monoisotopic (exact) mass is 603 g/mol. The van der Waals surface area contributed by atoms with Gasteiger partial charge in [0.1, 0.15) is 11.6 Å². The maximum atomic E-state index is 12.9. The van der Waals surface area contributed by atoms with Crippen molar-refractivity contribution in [3.05, 3.63) is 88.5 Å². The predicted molar refractivity (Wildman–Crippen MR) is 176 cm³/mol. The number of hydrogen-bond acceptors (Lipinski definition) is 5. The number of ether oxygens (including phenoxy) is 2. The van der Waals surface area contributed by atoms with Gasteiger partial charge >= 0.3 is 0 Å². The zero-order valence-corrected chi connectivity index (χ0v) is 26.3. The lowest BCUT2D eigenvalue weighted by Crippen LogP contribution is -2.48. The Bertz CT molecular complexity index is 1630. The quantitative estimate of drug-likeness (QED) is 0.182. The highest BCUT2D eigenvalue weighted by Gasteiger charge is 2.51. The third-order valence-corrected chi connectivity index (χ3v) is 9.76. The van der Waals surface area contributed by atoms with E-state index in [1.54, 1.807) is 18.2 Å². The molecule has 4 aliphatic carbocycles. The summed E-state index contributed by atoms with van der Waals surface area (Å²) in [4.78, 5) is 25.7. The molecule has 232 valence electrons. The average Bonchev–Trinajstić information content (AvgIpc) is 3.01. The lowest BCUT2D eigenvalue weighted by Gasteiger charge is -2.57. The van der Waals surface area contributed by atoms with Gasteiger partial charge in [-0.05, 0) is 141 Å². The minimum Gasteiger partial charge on any atom is -0.490 e. The molecule has 7 heteroatoms. The van der Waals surface area contributed by atoms with E-state index in [0.29, 0.717) is 34.8 Å². The average molecular weight is 604 g/mol. The molecule has 0 atom stereocenters. The van der Waals surface area contributed by atoms with Crippen molar-refractivity contribution < 1.29 is 19.1 Å². The number of benzene rings is 3. The lowest BCUT2D eigenvalue weighted by molar-refractivity contribution is -0.118. The molecule has 7 rings (SSSR count). The molecule has 2 N–H and O–H groups in total. The number of carbonyl (C=O) groups excluding carboxylic acids is 2. The molecular formula is C38H41N3O4. The van der Waals surface area contributed by atoms with E-state index < -0.39 is 5.91 Å². The number of nitrogens with one attached hydrogen (secondary N) is 2. The molecule has 4 bridgehead atoms. The van der Waals surface area contributed by atoms with Crippen LogP contribution < -0.4 is 20.1 Å². The fourth-order valence-corrected chi connectivity index (χ4v) is 8.09. The van der Waals surface area contributed by atoms with Crippen LogP contribution in [-0.4, -0.2) is 25.0 Å². The van der Waals surface area contributed by atoms with Crippen LogP contribution in [0, 0.1) is 42.9 Å². The molecule has 0 aliphatic heterocycles. The van der Waals surface area contributed by atoms with Crippen molar-refractivity contribution >= 4 is 29.3 Å². The molecule has 4 aliphatic rings. The molecule has 0 aromatic heterocycles. The van der Waals surface area contributed by atoms with Crippen molar-refractivity contribution in [2.45, 2.75) is 64.7 Å². The lowest BCUT2D eigenvalue weighted by atomic mass is 9.48. The summed E-state index contributed by atoms with van der Waals surface area (Å²) >= 11 is 0. The van der Waals surface area contributed by atoms with Gasteiger partial charge < -0.3 is 20.1 Å². The second-order valence-corrected chi connectivity index (χ2v) is 13.2. The zero-order valence-electron chi connectivity index (χ0n) is 26.3. The Kier molecular flexibility index (Phi) is 8.67. The van der Waals surface area contributed by atoms with Gasteiger partial charge in [0, 0.05) is 11.4 Å². The van der Waals surface area contributed by atoms with Gasteiger partial charge in [-0.3, -0.25) is 9.59 Å². The highest BCUT2D eigenvalue weighted by Crippen LogP contribution is 2.60. The summed E-state index contributed by atoms with van der Waals surface area (Å²) in [5.41, 5.74) is 5.65. The molecule has 0 spiro atoms. The van der Waals surface area contributed by atoms with Crippen LogP contribution in [0.25, 0.3) is 6.08 Å². The maximum absolute atomic E-state index is 12.9. The number of hydrogen-bond donors (Lipinski definition) is 2. The first-order valence-corrected chi connectivity index (χ1v) is 16.0. The summed E-state index contributed by atoms with van der Waals surface area (Å²) in [7, 11) is 0. The molecule has 0 unspecified atom stereocenters. The minimum atomic E-state index is -0.493. The molecule has 7 nitrogen and oxygen atoms in total. The number of aryl methyl sites for hydroxylation is 2. The zero-order chi connectivity index (χ0) is 31.6. The van der Waals surface area contributed by atoms with Crippen LogP contribution in [0.3, 0.4) is 0 Å². The Labute approximate surface area is 265 Å². The van der Waals surface area contributed by atoms with Gasteiger partial charge in [0.2, 0.25) is 0 Å². The van der Waals surface area contributed by atoms with Gasteiger partial charge in [0.15, 0.2) is 18.1 Å². The summed E-state index contributed by atoms with van der Waals surface area (Å²) < 4.78 is 11.6. The van der Waals surface area contributed by atoms with Crippen LogP contribution in [0.5, 0.6) is 11.5 Å². The van der Waals surface area contributed by atoms with E-state index in [9.17, 15) is 14.9 Å². The fourth-order valence-electron chi connectivity index (χ4n) is 8.09. The number of amides is 2. The van der Waals surface area contributed by atoms with Crippen LogP contribution in [0.2, 0.25) is 0 Å². The van der Waals surface area contributed by atoms with Crippen molar-refractivity contribution in [2.24, 2.45) is 17.8 Å². The highest BCUT2D eigenvalue weighted by molar-refractivity contribution is 6.10. The van der Waals surface area contributed by atoms with Gasteiger partial charge in [0.05, 0.1) is 6.61 Å². The summed E-state index contributed by atoms with van der Waals surface area (Å²) in [6.07, 6.45) is 9.71. The molecule has 3 aromatic carbocycles. The second kappa shape index (κ2) is 12.8. The Morgan fingerprint density at radius 1 is 0.889 bits per heavy atom. The van der Waals surface area contributed by atoms with E-state index in [1.165, 1.54) is 50.2 Å². The third kappa shape index (κ3) is 6.76. The summed E-state index contributed by atoms with van der Waals surface area (Å²) in [6, 6.07) is 21.3. The topological polar surface area (TPSA) is 100 Å². The number of rotatable bonds is 10. The smallest absolute Gasteiger partial charge is 0.266 e. The molecule has 4 saturated carbocycles. The second-order valence-electron chi connectivity index (χ2n) is 13.2. The SMILES string of the molecule is CCOc1cc(/C=C(/C#N)C(=O)Nc2cc(C)ccc2C)ccc1OCC(=O)Nc1ccc(C23CC4CC(CC(C4)C2)C3)cc1. The fraction of sp³-hybridized carbons (Fsp3) is 0.395. The van der Waals surface area contributed by atoms with Gasteiger partial charge in [-0.25, -0.2) is 0 Å². The number of anilines is 2. The largest absolute Gasteiger partial charge is 0.490 e. The van der Waals surface area contributed by atoms with Crippen molar-refractivity contribution in [1.82, 2.24) is 0 Å². The molecule has 3 aromatic rings. The molecule has 0 heterocycles. The van der Waals surface area contributed by atoms with Gasteiger partial charge in [-0.2, -0.15) is 5.26 Å². The first kappa shape index (κ1) is 30.5. The number of nitriles is 1. The van der Waals surface area contributed by atoms with Gasteiger partial charge in [-0.1, -0.05) is 30.3 Å². The summed E-state index contributed by atoms with van der Waals surface area (Å²) in [5, 5.41) is 15.5. The van der Waals surface area contributed by atoms with Crippen LogP contribution in [0.1, 0.15) is 67.7 Å². The Morgan fingerprint density at radius 3 is 2.22 bits per heavy atom. The Hall–Kier alpha value is -4.57. The number of nitrogens with zero attached hydrogens (tertiary/aromatic N) is 1. The third-order valence-electron chi connectivity index (χ3n) is 9.76. The first-order valence-electron chi connectivity index (χ1n) is 16.0. The normalized spacial score (nSPS) is 23.2. The van der Waals surface area contributed by atoms with E-state index >= 15 is 0 Å². The number of carbonyl (C=O) groups is 2. The van der Waals surface area contributed by atoms with E-state index in [-0.39, 0.29) is 18.1 Å². The maximum Gasteiger partial charge on any atom is 0.266 e. The molecule has 2 amide bonds. The van der Waals surface area contributed by atoms with Gasteiger partial charge in [-0.15, -0.1) is 0 Å². The molecule has 0 radical (unpaired) electrons. The van der Waals surface area contributed by atoms with Crippen LogP contribution in [0.4, 0.5) is 11.4 Å². The van der Waals surface area contributed by atoms with Crippen LogP contribution >= 0.6 is 0 Å². The van der Waals surface area contributed by atoms with Crippen molar-refractivity contribution in [1.29, 1.82) is 5.26 Å². The van der Waals surface area contributed by atoms with E-state index in [1.807, 2.05) is 57.2 Å². The first-order chi connectivity index (χ1) is 21.7.